The molecule has 0 aliphatic rings. The van der Waals surface area contributed by atoms with E-state index in [1.54, 1.807) is 14.0 Å². The maximum Gasteiger partial charge on any atom is 0.405 e. The summed E-state index contributed by atoms with van der Waals surface area (Å²) in [4.78, 5) is 6.28. The van der Waals surface area contributed by atoms with Crippen molar-refractivity contribution < 1.29 is 13.2 Å². The summed E-state index contributed by atoms with van der Waals surface area (Å²) >= 11 is 1.41. The predicted molar refractivity (Wildman–Crippen MR) is 69.8 cm³/mol. The van der Waals surface area contributed by atoms with Gasteiger partial charge in [-0.1, -0.05) is 0 Å². The van der Waals surface area contributed by atoms with Crippen LogP contribution in [0.25, 0.3) is 4.96 Å². The standard InChI is InChI=1S/C11H15F3N4S/c1-3-17(7-11(12,13)14)9-8(6-15-2)18-4-5-19-10(18)16-9/h4-5,15H,3,6-7H2,1-2H3. The highest BCUT2D eigenvalue weighted by atomic mass is 32.1. The second-order valence-corrected chi connectivity index (χ2v) is 4.97. The highest BCUT2D eigenvalue weighted by molar-refractivity contribution is 7.15. The molecule has 8 heteroatoms. The molecule has 0 unspecified atom stereocenters. The number of alkyl halides is 3. The lowest BCUT2D eigenvalue weighted by Crippen LogP contribution is -2.35. The zero-order chi connectivity index (χ0) is 14.0. The fraction of sp³-hybridized carbons (Fsp3) is 0.545. The molecule has 0 spiro atoms. The first-order valence-corrected chi connectivity index (χ1v) is 6.75. The second-order valence-electron chi connectivity index (χ2n) is 4.10. The molecular weight excluding hydrogens is 277 g/mol. The number of fused-ring (bicyclic) bond motifs is 1. The van der Waals surface area contributed by atoms with E-state index in [1.807, 2.05) is 16.0 Å². The van der Waals surface area contributed by atoms with E-state index in [4.69, 9.17) is 0 Å². The zero-order valence-electron chi connectivity index (χ0n) is 10.7. The molecule has 0 saturated heterocycles. The van der Waals surface area contributed by atoms with Gasteiger partial charge in [0.15, 0.2) is 10.8 Å². The number of anilines is 1. The number of nitrogens with zero attached hydrogens (tertiary/aromatic N) is 3. The Labute approximate surface area is 112 Å². The highest BCUT2D eigenvalue weighted by Crippen LogP contribution is 2.27. The number of hydrogen-bond donors (Lipinski definition) is 1. The molecule has 0 aliphatic carbocycles. The molecule has 0 aromatic carbocycles. The van der Waals surface area contributed by atoms with Gasteiger partial charge in [0.25, 0.3) is 0 Å². The number of thiazole rings is 1. The largest absolute Gasteiger partial charge is 0.405 e. The number of rotatable bonds is 5. The van der Waals surface area contributed by atoms with Gasteiger partial charge >= 0.3 is 6.18 Å². The molecular formula is C11H15F3N4S. The minimum atomic E-state index is -4.23. The van der Waals surface area contributed by atoms with Crippen LogP contribution in [0.3, 0.4) is 0 Å². The first kappa shape index (κ1) is 14.1. The fourth-order valence-corrected chi connectivity index (χ4v) is 2.69. The van der Waals surface area contributed by atoms with Gasteiger partial charge in [0.2, 0.25) is 0 Å². The summed E-state index contributed by atoms with van der Waals surface area (Å²) in [5, 5.41) is 4.84. The number of hydrogen-bond acceptors (Lipinski definition) is 4. The molecule has 1 N–H and O–H groups in total. The molecule has 0 aliphatic heterocycles. The molecule has 0 saturated carbocycles. The Morgan fingerprint density at radius 2 is 2.21 bits per heavy atom. The van der Waals surface area contributed by atoms with Crippen molar-refractivity contribution in [2.24, 2.45) is 0 Å². The third-order valence-electron chi connectivity index (χ3n) is 2.74. The zero-order valence-corrected chi connectivity index (χ0v) is 11.5. The van der Waals surface area contributed by atoms with Gasteiger partial charge in [0, 0.05) is 24.7 Å². The quantitative estimate of drug-likeness (QED) is 0.919. The van der Waals surface area contributed by atoms with Crippen molar-refractivity contribution in [3.8, 4) is 0 Å². The van der Waals surface area contributed by atoms with Crippen molar-refractivity contribution in [1.82, 2.24) is 14.7 Å². The monoisotopic (exact) mass is 292 g/mol. The van der Waals surface area contributed by atoms with Crippen LogP contribution in [0.4, 0.5) is 19.0 Å². The number of nitrogens with one attached hydrogen (secondary N) is 1. The maximum absolute atomic E-state index is 12.6. The molecule has 19 heavy (non-hydrogen) atoms. The average Bonchev–Trinajstić information content (AvgIpc) is 2.88. The van der Waals surface area contributed by atoms with Crippen molar-refractivity contribution in [1.29, 1.82) is 0 Å². The summed E-state index contributed by atoms with van der Waals surface area (Å²) in [6.07, 6.45) is -2.41. The van der Waals surface area contributed by atoms with Crippen LogP contribution in [0.15, 0.2) is 11.6 Å². The van der Waals surface area contributed by atoms with Crippen LogP contribution >= 0.6 is 11.3 Å². The van der Waals surface area contributed by atoms with Crippen LogP contribution in [0.2, 0.25) is 0 Å². The summed E-state index contributed by atoms with van der Waals surface area (Å²) < 4.78 is 39.6. The lowest BCUT2D eigenvalue weighted by molar-refractivity contribution is -0.119. The normalized spacial score (nSPS) is 12.3. The van der Waals surface area contributed by atoms with Crippen LogP contribution in [0.5, 0.6) is 0 Å². The van der Waals surface area contributed by atoms with Gasteiger partial charge in [-0.05, 0) is 14.0 Å². The third kappa shape index (κ3) is 3.01. The molecule has 2 heterocycles. The average molecular weight is 292 g/mol. The lowest BCUT2D eigenvalue weighted by atomic mass is 10.3. The highest BCUT2D eigenvalue weighted by Gasteiger charge is 2.32. The Morgan fingerprint density at radius 1 is 1.47 bits per heavy atom. The number of aromatic nitrogens is 2. The maximum atomic E-state index is 12.6. The lowest BCUT2D eigenvalue weighted by Gasteiger charge is -2.23. The third-order valence-corrected chi connectivity index (χ3v) is 3.49. The molecule has 106 valence electrons. The van der Waals surface area contributed by atoms with Gasteiger partial charge in [0.1, 0.15) is 6.54 Å². The van der Waals surface area contributed by atoms with E-state index < -0.39 is 12.7 Å². The van der Waals surface area contributed by atoms with Crippen molar-refractivity contribution >= 4 is 22.1 Å². The molecule has 0 atom stereocenters. The van der Waals surface area contributed by atoms with Crippen molar-refractivity contribution in [2.45, 2.75) is 19.6 Å². The summed E-state index contributed by atoms with van der Waals surface area (Å²) in [5.74, 6) is 0.404. The van der Waals surface area contributed by atoms with E-state index in [9.17, 15) is 13.2 Å². The smallest absolute Gasteiger partial charge is 0.346 e. The first-order valence-electron chi connectivity index (χ1n) is 5.87. The Kier molecular flexibility index (Phi) is 4.00. The van der Waals surface area contributed by atoms with E-state index >= 15 is 0 Å². The van der Waals surface area contributed by atoms with Crippen LogP contribution in [-0.2, 0) is 6.54 Å². The Hall–Kier alpha value is -1.28. The van der Waals surface area contributed by atoms with Gasteiger partial charge < -0.3 is 10.2 Å². The van der Waals surface area contributed by atoms with E-state index in [-0.39, 0.29) is 6.54 Å². The molecule has 0 amide bonds. The molecule has 0 radical (unpaired) electrons. The summed E-state index contributed by atoms with van der Waals surface area (Å²) in [6, 6.07) is 0. The van der Waals surface area contributed by atoms with Gasteiger partial charge in [-0.25, -0.2) is 4.98 Å². The minimum Gasteiger partial charge on any atom is -0.346 e. The molecule has 0 fully saturated rings. The molecule has 4 nitrogen and oxygen atoms in total. The van der Waals surface area contributed by atoms with Crippen molar-refractivity contribution in [2.75, 3.05) is 25.0 Å². The second kappa shape index (κ2) is 5.38. The Bertz CT molecular complexity index is 546. The van der Waals surface area contributed by atoms with Gasteiger partial charge in [-0.3, -0.25) is 4.40 Å². The number of imidazole rings is 1. The minimum absolute atomic E-state index is 0.265. The molecule has 2 aromatic heterocycles. The number of halogens is 3. The fourth-order valence-electron chi connectivity index (χ4n) is 1.96. The Morgan fingerprint density at radius 3 is 2.79 bits per heavy atom. The van der Waals surface area contributed by atoms with Crippen molar-refractivity contribution in [3.05, 3.63) is 17.3 Å². The van der Waals surface area contributed by atoms with Gasteiger partial charge in [-0.15, -0.1) is 11.3 Å². The van der Waals surface area contributed by atoms with Crippen LogP contribution in [0.1, 0.15) is 12.6 Å². The van der Waals surface area contributed by atoms with E-state index in [0.29, 0.717) is 17.3 Å². The summed E-state index contributed by atoms with van der Waals surface area (Å²) in [5.41, 5.74) is 0.754. The first-order chi connectivity index (χ1) is 8.96. The van der Waals surface area contributed by atoms with Crippen LogP contribution < -0.4 is 10.2 Å². The van der Waals surface area contributed by atoms with E-state index in [1.165, 1.54) is 16.2 Å². The van der Waals surface area contributed by atoms with Crippen molar-refractivity contribution in [3.63, 3.8) is 0 Å². The summed E-state index contributed by atoms with van der Waals surface area (Å²) in [7, 11) is 1.76. The van der Waals surface area contributed by atoms with E-state index in [2.05, 4.69) is 10.3 Å². The molecule has 2 aromatic rings. The predicted octanol–water partition coefficient (Wildman–Crippen LogP) is 2.50. The molecule has 2 rings (SSSR count). The summed E-state index contributed by atoms with van der Waals surface area (Å²) in [6.45, 7) is 1.45. The topological polar surface area (TPSA) is 32.6 Å². The molecule has 0 bridgehead atoms. The van der Waals surface area contributed by atoms with Crippen LogP contribution in [-0.4, -0.2) is 35.7 Å². The van der Waals surface area contributed by atoms with Gasteiger partial charge in [0.05, 0.1) is 5.69 Å². The van der Waals surface area contributed by atoms with Gasteiger partial charge in [-0.2, -0.15) is 13.2 Å². The van der Waals surface area contributed by atoms with Crippen LogP contribution in [0, 0.1) is 0 Å². The Balaban J connectivity index is 2.40. The SMILES string of the molecule is CCN(CC(F)(F)F)c1nc2sccn2c1CNC. The van der Waals surface area contributed by atoms with E-state index in [0.717, 1.165) is 5.69 Å².